The molecule has 1 aromatic rings. The second-order valence-corrected chi connectivity index (χ2v) is 5.93. The van der Waals surface area contributed by atoms with Gasteiger partial charge in [-0.1, -0.05) is 0 Å². The summed E-state index contributed by atoms with van der Waals surface area (Å²) in [5, 5.41) is 0. The highest BCUT2D eigenvalue weighted by Crippen LogP contribution is 2.22. The highest BCUT2D eigenvalue weighted by atomic mass is 32.2. The van der Waals surface area contributed by atoms with Gasteiger partial charge in [0.2, 0.25) is 10.0 Å². The molecule has 1 aromatic carbocycles. The van der Waals surface area contributed by atoms with Crippen molar-refractivity contribution in [2.24, 2.45) is 0 Å². The number of hydrogen-bond donors (Lipinski definition) is 2. The summed E-state index contributed by atoms with van der Waals surface area (Å²) >= 11 is 0. The van der Waals surface area contributed by atoms with Crippen LogP contribution in [-0.4, -0.2) is 28.7 Å². The SMILES string of the molecule is COCCCNS(=O)(=O)c1c(C)cc(N)cc1C. The first-order valence-electron chi connectivity index (χ1n) is 5.74. The van der Waals surface area contributed by atoms with Crippen LogP contribution in [0.2, 0.25) is 0 Å². The van der Waals surface area contributed by atoms with E-state index in [4.69, 9.17) is 10.5 Å². The van der Waals surface area contributed by atoms with Gasteiger partial charge in [-0.15, -0.1) is 0 Å². The molecule has 5 nitrogen and oxygen atoms in total. The lowest BCUT2D eigenvalue weighted by Gasteiger charge is -2.12. The number of rotatable bonds is 6. The van der Waals surface area contributed by atoms with Crippen LogP contribution in [0.15, 0.2) is 17.0 Å². The quantitative estimate of drug-likeness (QED) is 0.602. The minimum Gasteiger partial charge on any atom is -0.399 e. The van der Waals surface area contributed by atoms with Gasteiger partial charge in [0.15, 0.2) is 0 Å². The number of aryl methyl sites for hydroxylation is 2. The molecule has 0 aliphatic heterocycles. The average Bonchev–Trinajstić information content (AvgIpc) is 2.22. The standard InChI is InChI=1S/C12H20N2O3S/c1-9-7-11(13)8-10(2)12(9)18(15,16)14-5-4-6-17-3/h7-8,14H,4-6,13H2,1-3H3. The molecule has 0 aliphatic carbocycles. The third-order valence-electron chi connectivity index (χ3n) is 2.57. The lowest BCUT2D eigenvalue weighted by Crippen LogP contribution is -2.27. The minimum absolute atomic E-state index is 0.314. The smallest absolute Gasteiger partial charge is 0.241 e. The third-order valence-corrected chi connectivity index (χ3v) is 4.33. The van der Waals surface area contributed by atoms with Crippen molar-refractivity contribution >= 4 is 15.7 Å². The van der Waals surface area contributed by atoms with E-state index in [0.29, 0.717) is 41.3 Å². The summed E-state index contributed by atoms with van der Waals surface area (Å²) in [6.45, 7) is 4.38. The number of benzene rings is 1. The van der Waals surface area contributed by atoms with Gasteiger partial charge in [-0.25, -0.2) is 13.1 Å². The van der Waals surface area contributed by atoms with Crippen LogP contribution in [-0.2, 0) is 14.8 Å². The van der Waals surface area contributed by atoms with Crippen LogP contribution < -0.4 is 10.5 Å². The maximum atomic E-state index is 12.2. The van der Waals surface area contributed by atoms with E-state index >= 15 is 0 Å². The Bertz CT molecular complexity index is 489. The number of methoxy groups -OCH3 is 1. The molecule has 0 saturated carbocycles. The fraction of sp³-hybridized carbons (Fsp3) is 0.500. The predicted octanol–water partition coefficient (Wildman–Crippen LogP) is 1.20. The number of nitrogens with two attached hydrogens (primary N) is 1. The second-order valence-electron chi connectivity index (χ2n) is 4.23. The van der Waals surface area contributed by atoms with Crippen molar-refractivity contribution in [1.82, 2.24) is 4.72 Å². The maximum absolute atomic E-state index is 12.2. The Labute approximate surface area is 108 Å². The first-order valence-corrected chi connectivity index (χ1v) is 7.22. The van der Waals surface area contributed by atoms with Crippen molar-refractivity contribution in [2.45, 2.75) is 25.2 Å². The summed E-state index contributed by atoms with van der Waals surface area (Å²) in [5.74, 6) is 0. The van der Waals surface area contributed by atoms with Crippen molar-refractivity contribution in [3.63, 3.8) is 0 Å². The van der Waals surface area contributed by atoms with E-state index in [1.54, 1.807) is 33.1 Å². The van der Waals surface area contributed by atoms with Gasteiger partial charge in [0.25, 0.3) is 0 Å². The molecule has 0 heterocycles. The minimum atomic E-state index is -3.48. The summed E-state index contributed by atoms with van der Waals surface area (Å²) in [4.78, 5) is 0.314. The van der Waals surface area contributed by atoms with Crippen molar-refractivity contribution < 1.29 is 13.2 Å². The van der Waals surface area contributed by atoms with Crippen molar-refractivity contribution in [3.8, 4) is 0 Å². The van der Waals surface area contributed by atoms with Gasteiger partial charge in [-0.3, -0.25) is 0 Å². The lowest BCUT2D eigenvalue weighted by molar-refractivity contribution is 0.196. The monoisotopic (exact) mass is 272 g/mol. The number of anilines is 1. The highest BCUT2D eigenvalue weighted by molar-refractivity contribution is 7.89. The molecule has 102 valence electrons. The normalized spacial score (nSPS) is 11.7. The number of nitrogens with one attached hydrogen (secondary N) is 1. The summed E-state index contributed by atoms with van der Waals surface area (Å²) in [5.41, 5.74) is 7.57. The molecule has 3 N–H and O–H groups in total. The number of hydrogen-bond acceptors (Lipinski definition) is 4. The van der Waals surface area contributed by atoms with E-state index in [9.17, 15) is 8.42 Å². The van der Waals surface area contributed by atoms with Crippen molar-refractivity contribution in [3.05, 3.63) is 23.3 Å². The van der Waals surface area contributed by atoms with E-state index in [1.165, 1.54) is 0 Å². The summed E-state index contributed by atoms with van der Waals surface area (Å²) in [7, 11) is -1.89. The molecule has 0 unspecified atom stereocenters. The van der Waals surface area contributed by atoms with Crippen molar-refractivity contribution in [2.75, 3.05) is 26.0 Å². The molecule has 18 heavy (non-hydrogen) atoms. The molecule has 0 spiro atoms. The van der Waals surface area contributed by atoms with Crippen LogP contribution in [0, 0.1) is 13.8 Å². The van der Waals surface area contributed by atoms with Crippen LogP contribution in [0.1, 0.15) is 17.5 Å². The highest BCUT2D eigenvalue weighted by Gasteiger charge is 2.19. The van der Waals surface area contributed by atoms with Gasteiger partial charge in [-0.05, 0) is 43.5 Å². The van der Waals surface area contributed by atoms with E-state index < -0.39 is 10.0 Å². The van der Waals surface area contributed by atoms with Gasteiger partial charge in [0.05, 0.1) is 4.90 Å². The molecule has 0 saturated heterocycles. The molecule has 0 aliphatic rings. The largest absolute Gasteiger partial charge is 0.399 e. The molecular formula is C12H20N2O3S. The fourth-order valence-electron chi connectivity index (χ4n) is 1.90. The number of nitrogen functional groups attached to an aromatic ring is 1. The molecular weight excluding hydrogens is 252 g/mol. The Morgan fingerprint density at radius 1 is 1.28 bits per heavy atom. The molecule has 0 atom stereocenters. The number of sulfonamides is 1. The molecule has 0 amide bonds. The van der Waals surface area contributed by atoms with E-state index in [2.05, 4.69) is 4.72 Å². The summed E-state index contributed by atoms with van der Waals surface area (Å²) in [6, 6.07) is 3.33. The summed E-state index contributed by atoms with van der Waals surface area (Å²) in [6.07, 6.45) is 0.642. The van der Waals surface area contributed by atoms with Gasteiger partial charge in [0.1, 0.15) is 0 Å². The molecule has 6 heteroatoms. The van der Waals surface area contributed by atoms with Gasteiger partial charge in [-0.2, -0.15) is 0 Å². The zero-order valence-corrected chi connectivity index (χ0v) is 11.8. The first kappa shape index (κ1) is 14.9. The zero-order valence-electron chi connectivity index (χ0n) is 11.0. The van der Waals surface area contributed by atoms with Crippen LogP contribution in [0.4, 0.5) is 5.69 Å². The molecule has 0 bridgehead atoms. The van der Waals surface area contributed by atoms with E-state index in [-0.39, 0.29) is 0 Å². The Kier molecular flexibility index (Phi) is 5.13. The molecule has 0 aromatic heterocycles. The molecule has 0 fully saturated rings. The topological polar surface area (TPSA) is 81.4 Å². The molecule has 1 rings (SSSR count). The first-order chi connectivity index (χ1) is 8.38. The summed E-state index contributed by atoms with van der Waals surface area (Å²) < 4.78 is 31.7. The Hall–Kier alpha value is -1.11. The second kappa shape index (κ2) is 6.17. The Morgan fingerprint density at radius 2 is 1.83 bits per heavy atom. The predicted molar refractivity (Wildman–Crippen MR) is 72.0 cm³/mol. The Morgan fingerprint density at radius 3 is 2.33 bits per heavy atom. The van der Waals surface area contributed by atoms with E-state index in [0.717, 1.165) is 0 Å². The van der Waals surface area contributed by atoms with Crippen LogP contribution in [0.5, 0.6) is 0 Å². The lowest BCUT2D eigenvalue weighted by atomic mass is 10.1. The fourth-order valence-corrected chi connectivity index (χ4v) is 3.43. The van der Waals surface area contributed by atoms with Crippen molar-refractivity contribution in [1.29, 1.82) is 0 Å². The van der Waals surface area contributed by atoms with Crippen LogP contribution in [0.3, 0.4) is 0 Å². The van der Waals surface area contributed by atoms with Gasteiger partial charge in [0, 0.05) is 25.9 Å². The van der Waals surface area contributed by atoms with Crippen LogP contribution >= 0.6 is 0 Å². The van der Waals surface area contributed by atoms with Crippen LogP contribution in [0.25, 0.3) is 0 Å². The average molecular weight is 272 g/mol. The van der Waals surface area contributed by atoms with E-state index in [1.807, 2.05) is 0 Å². The molecule has 0 radical (unpaired) electrons. The van der Waals surface area contributed by atoms with Gasteiger partial charge < -0.3 is 10.5 Å². The number of ether oxygens (including phenoxy) is 1. The maximum Gasteiger partial charge on any atom is 0.241 e. The third kappa shape index (κ3) is 3.69. The zero-order chi connectivity index (χ0) is 13.8. The van der Waals surface area contributed by atoms with Gasteiger partial charge >= 0.3 is 0 Å². The Balaban J connectivity index is 2.92.